The van der Waals surface area contributed by atoms with Gasteiger partial charge in [0.1, 0.15) is 6.17 Å². The second-order valence-electron chi connectivity index (χ2n) is 4.40. The summed E-state index contributed by atoms with van der Waals surface area (Å²) in [6.45, 7) is 1.91. The summed E-state index contributed by atoms with van der Waals surface area (Å²) in [5.41, 5.74) is 1.11. The lowest BCUT2D eigenvalue weighted by Crippen LogP contribution is -2.43. The summed E-state index contributed by atoms with van der Waals surface area (Å²) in [5, 5.41) is 0. The molecule has 0 amide bonds. The van der Waals surface area contributed by atoms with Crippen molar-refractivity contribution in [3.8, 4) is 0 Å². The van der Waals surface area contributed by atoms with Crippen LogP contribution in [0.2, 0.25) is 0 Å². The highest BCUT2D eigenvalue weighted by atomic mass is 19.1. The van der Waals surface area contributed by atoms with E-state index >= 15 is 0 Å². The standard InChI is InChI=1S/C13H18FNO/c1-15-8-7-13(12(14)9-15)16-10-11-5-3-2-4-6-11/h2-6,12-13H,7-10H2,1H3. The maximum atomic E-state index is 13.6. The number of halogens is 1. The Balaban J connectivity index is 1.82. The highest BCUT2D eigenvalue weighted by molar-refractivity contribution is 5.13. The number of nitrogens with zero attached hydrogens (tertiary/aromatic N) is 1. The number of piperidine rings is 1. The SMILES string of the molecule is CN1CCC(OCc2ccccc2)C(F)C1. The van der Waals surface area contributed by atoms with Crippen LogP contribution in [0.25, 0.3) is 0 Å². The zero-order valence-corrected chi connectivity index (χ0v) is 9.60. The van der Waals surface area contributed by atoms with Gasteiger partial charge in [0.2, 0.25) is 0 Å². The van der Waals surface area contributed by atoms with Crippen molar-refractivity contribution >= 4 is 0 Å². The van der Waals surface area contributed by atoms with Crippen LogP contribution in [0.4, 0.5) is 4.39 Å². The molecule has 0 N–H and O–H groups in total. The van der Waals surface area contributed by atoms with E-state index in [1.165, 1.54) is 0 Å². The summed E-state index contributed by atoms with van der Waals surface area (Å²) in [6.07, 6.45) is -0.316. The van der Waals surface area contributed by atoms with E-state index in [4.69, 9.17) is 4.74 Å². The molecule has 1 aliphatic rings. The minimum Gasteiger partial charge on any atom is -0.370 e. The first kappa shape index (κ1) is 11.6. The number of alkyl halides is 1. The summed E-state index contributed by atoms with van der Waals surface area (Å²) < 4.78 is 19.3. The van der Waals surface area contributed by atoms with Crippen molar-refractivity contribution in [2.45, 2.75) is 25.3 Å². The van der Waals surface area contributed by atoms with Crippen LogP contribution in [0, 0.1) is 0 Å². The Morgan fingerprint density at radius 3 is 2.81 bits per heavy atom. The van der Waals surface area contributed by atoms with Gasteiger partial charge in [0.05, 0.1) is 12.7 Å². The Hall–Kier alpha value is -0.930. The molecule has 1 saturated heterocycles. The normalized spacial score (nSPS) is 26.9. The molecule has 0 spiro atoms. The average Bonchev–Trinajstić information content (AvgIpc) is 2.29. The minimum atomic E-state index is -0.859. The van der Waals surface area contributed by atoms with Gasteiger partial charge in [-0.15, -0.1) is 0 Å². The van der Waals surface area contributed by atoms with Crippen molar-refractivity contribution in [3.63, 3.8) is 0 Å². The van der Waals surface area contributed by atoms with Gasteiger partial charge in [-0.25, -0.2) is 4.39 Å². The zero-order chi connectivity index (χ0) is 11.4. The van der Waals surface area contributed by atoms with Gasteiger partial charge in [-0.3, -0.25) is 0 Å². The van der Waals surface area contributed by atoms with E-state index in [1.807, 2.05) is 42.3 Å². The molecule has 1 heterocycles. The van der Waals surface area contributed by atoms with Crippen LogP contribution in [0.15, 0.2) is 30.3 Å². The number of rotatable bonds is 3. The lowest BCUT2D eigenvalue weighted by molar-refractivity contribution is -0.0492. The molecule has 88 valence electrons. The zero-order valence-electron chi connectivity index (χ0n) is 9.60. The third kappa shape index (κ3) is 3.03. The molecule has 0 aliphatic carbocycles. The molecule has 16 heavy (non-hydrogen) atoms. The summed E-state index contributed by atoms with van der Waals surface area (Å²) in [7, 11) is 1.94. The van der Waals surface area contributed by atoms with Crippen molar-refractivity contribution in [3.05, 3.63) is 35.9 Å². The van der Waals surface area contributed by atoms with Crippen molar-refractivity contribution in [2.75, 3.05) is 20.1 Å². The van der Waals surface area contributed by atoms with E-state index in [0.717, 1.165) is 18.5 Å². The molecule has 0 saturated carbocycles. The summed E-state index contributed by atoms with van der Waals surface area (Å²) in [6, 6.07) is 9.92. The first-order valence-electron chi connectivity index (χ1n) is 5.74. The van der Waals surface area contributed by atoms with E-state index in [9.17, 15) is 4.39 Å². The van der Waals surface area contributed by atoms with Gasteiger partial charge in [0.15, 0.2) is 0 Å². The molecular weight excluding hydrogens is 205 g/mol. The molecule has 1 aliphatic heterocycles. The van der Waals surface area contributed by atoms with Crippen LogP contribution in [0.3, 0.4) is 0 Å². The Kier molecular flexibility index (Phi) is 3.91. The van der Waals surface area contributed by atoms with E-state index in [2.05, 4.69) is 0 Å². The van der Waals surface area contributed by atoms with Crippen LogP contribution in [-0.4, -0.2) is 37.3 Å². The number of hydrogen-bond donors (Lipinski definition) is 0. The molecule has 3 heteroatoms. The van der Waals surface area contributed by atoms with Crippen LogP contribution in [-0.2, 0) is 11.3 Å². The number of hydrogen-bond acceptors (Lipinski definition) is 2. The molecule has 2 rings (SSSR count). The number of ether oxygens (including phenoxy) is 1. The summed E-state index contributed by atoms with van der Waals surface area (Å²) in [4.78, 5) is 2.01. The minimum absolute atomic E-state index is 0.239. The molecule has 2 nitrogen and oxygen atoms in total. The average molecular weight is 223 g/mol. The molecule has 2 unspecified atom stereocenters. The topological polar surface area (TPSA) is 12.5 Å². The fourth-order valence-corrected chi connectivity index (χ4v) is 2.00. The van der Waals surface area contributed by atoms with E-state index in [-0.39, 0.29) is 6.10 Å². The second kappa shape index (κ2) is 5.41. The lowest BCUT2D eigenvalue weighted by Gasteiger charge is -2.32. The van der Waals surface area contributed by atoms with Gasteiger partial charge in [0, 0.05) is 13.1 Å². The van der Waals surface area contributed by atoms with Crippen LogP contribution >= 0.6 is 0 Å². The first-order chi connectivity index (χ1) is 7.75. The molecule has 0 radical (unpaired) electrons. The molecule has 0 bridgehead atoms. The highest BCUT2D eigenvalue weighted by Crippen LogP contribution is 2.17. The quantitative estimate of drug-likeness (QED) is 0.779. The number of likely N-dealkylation sites (tertiary alicyclic amines) is 1. The molecule has 1 aromatic rings. The molecule has 0 aromatic heterocycles. The van der Waals surface area contributed by atoms with Crippen molar-refractivity contribution < 1.29 is 9.13 Å². The van der Waals surface area contributed by atoms with Gasteiger partial charge in [-0.05, 0) is 19.0 Å². The molecule has 1 aromatic carbocycles. The molecule has 2 atom stereocenters. The number of benzene rings is 1. The Morgan fingerprint density at radius 1 is 1.38 bits per heavy atom. The Morgan fingerprint density at radius 2 is 2.12 bits per heavy atom. The van der Waals surface area contributed by atoms with Gasteiger partial charge >= 0.3 is 0 Å². The van der Waals surface area contributed by atoms with E-state index in [0.29, 0.717) is 13.2 Å². The van der Waals surface area contributed by atoms with Crippen molar-refractivity contribution in [2.24, 2.45) is 0 Å². The van der Waals surface area contributed by atoms with Crippen LogP contribution in [0.1, 0.15) is 12.0 Å². The smallest absolute Gasteiger partial charge is 0.139 e. The van der Waals surface area contributed by atoms with Gasteiger partial charge in [-0.2, -0.15) is 0 Å². The van der Waals surface area contributed by atoms with E-state index in [1.54, 1.807) is 0 Å². The Labute approximate surface area is 96.0 Å². The third-order valence-electron chi connectivity index (χ3n) is 2.99. The van der Waals surface area contributed by atoms with Crippen LogP contribution in [0.5, 0.6) is 0 Å². The molecule has 1 fully saturated rings. The first-order valence-corrected chi connectivity index (χ1v) is 5.74. The van der Waals surface area contributed by atoms with Crippen molar-refractivity contribution in [1.82, 2.24) is 4.90 Å². The monoisotopic (exact) mass is 223 g/mol. The van der Waals surface area contributed by atoms with E-state index < -0.39 is 6.17 Å². The Bertz CT molecular complexity index is 317. The third-order valence-corrected chi connectivity index (χ3v) is 2.99. The fourth-order valence-electron chi connectivity index (χ4n) is 2.00. The second-order valence-corrected chi connectivity index (χ2v) is 4.40. The van der Waals surface area contributed by atoms with Crippen LogP contribution < -0.4 is 0 Å². The van der Waals surface area contributed by atoms with Gasteiger partial charge < -0.3 is 9.64 Å². The largest absolute Gasteiger partial charge is 0.370 e. The predicted molar refractivity (Wildman–Crippen MR) is 62.0 cm³/mol. The van der Waals surface area contributed by atoms with Gasteiger partial charge in [0.25, 0.3) is 0 Å². The summed E-state index contributed by atoms with van der Waals surface area (Å²) >= 11 is 0. The molecular formula is C13H18FNO. The lowest BCUT2D eigenvalue weighted by atomic mass is 10.1. The predicted octanol–water partition coefficient (Wildman–Crippen LogP) is 2.25. The maximum absolute atomic E-state index is 13.6. The summed E-state index contributed by atoms with van der Waals surface area (Å²) in [5.74, 6) is 0. The van der Waals surface area contributed by atoms with Gasteiger partial charge in [-0.1, -0.05) is 30.3 Å². The maximum Gasteiger partial charge on any atom is 0.139 e. The van der Waals surface area contributed by atoms with Crippen molar-refractivity contribution in [1.29, 1.82) is 0 Å². The fraction of sp³-hybridized carbons (Fsp3) is 0.538. The highest BCUT2D eigenvalue weighted by Gasteiger charge is 2.27.